The molecule has 0 aliphatic heterocycles. The number of rotatable bonds is 6. The lowest BCUT2D eigenvalue weighted by Gasteiger charge is -2.06. The SMILES string of the molecule is COS(=O)c1ccc(-c2cnc3ccc(-c4cccc(S(=O)ON)c4)nn23)cc1. The standard InChI is InChI=1S/C19H16N4O4S2/c1-26-28(24)15-7-5-13(6-8-15)18-12-21-19-10-9-17(22-23(18)19)14-3-2-4-16(11-14)29(25)27-20/h2-12H,20H2,1H3. The minimum atomic E-state index is -1.74. The van der Waals surface area contributed by atoms with E-state index in [1.165, 1.54) is 7.11 Å². The third-order valence-electron chi connectivity index (χ3n) is 4.27. The van der Waals surface area contributed by atoms with Crippen LogP contribution in [-0.2, 0) is 30.6 Å². The van der Waals surface area contributed by atoms with Gasteiger partial charge >= 0.3 is 0 Å². The van der Waals surface area contributed by atoms with Gasteiger partial charge in [0.15, 0.2) is 16.7 Å². The van der Waals surface area contributed by atoms with Crippen molar-refractivity contribution in [3.63, 3.8) is 0 Å². The van der Waals surface area contributed by atoms with Gasteiger partial charge in [-0.05, 0) is 36.4 Å². The molecule has 0 fully saturated rings. The lowest BCUT2D eigenvalue weighted by Crippen LogP contribution is -2.03. The number of hydrogen-bond donors (Lipinski definition) is 1. The molecule has 0 radical (unpaired) electrons. The molecule has 2 heterocycles. The molecule has 0 aliphatic carbocycles. The van der Waals surface area contributed by atoms with Crippen LogP contribution < -0.4 is 5.90 Å². The molecule has 0 bridgehead atoms. The van der Waals surface area contributed by atoms with E-state index in [-0.39, 0.29) is 0 Å². The second kappa shape index (κ2) is 8.31. The summed E-state index contributed by atoms with van der Waals surface area (Å²) in [4.78, 5) is 5.41. The summed E-state index contributed by atoms with van der Waals surface area (Å²) in [5.74, 6) is 5.02. The number of hydrogen-bond acceptors (Lipinski definition) is 7. The normalized spacial score (nSPS) is 13.4. The smallest absolute Gasteiger partial charge is 0.206 e. The average molecular weight is 428 g/mol. The summed E-state index contributed by atoms with van der Waals surface area (Å²) in [6.07, 6.45) is 1.72. The molecular formula is C19H16N4O4S2. The van der Waals surface area contributed by atoms with Gasteiger partial charge in [0, 0.05) is 11.1 Å². The Labute approximate surface area is 171 Å². The summed E-state index contributed by atoms with van der Waals surface area (Å²) in [6.45, 7) is 0. The lowest BCUT2D eigenvalue weighted by atomic mass is 10.1. The fourth-order valence-corrected chi connectivity index (χ4v) is 3.95. The van der Waals surface area contributed by atoms with Gasteiger partial charge in [0.05, 0.1) is 34.5 Å². The first kappa shape index (κ1) is 19.6. The van der Waals surface area contributed by atoms with Crippen molar-refractivity contribution in [3.8, 4) is 22.5 Å². The van der Waals surface area contributed by atoms with Crippen LogP contribution >= 0.6 is 0 Å². The van der Waals surface area contributed by atoms with Gasteiger partial charge in [-0.1, -0.05) is 24.3 Å². The number of imidazole rings is 1. The van der Waals surface area contributed by atoms with Gasteiger partial charge in [0.1, 0.15) is 0 Å². The molecule has 2 N–H and O–H groups in total. The predicted octanol–water partition coefficient (Wildman–Crippen LogP) is 2.65. The zero-order valence-electron chi connectivity index (χ0n) is 15.2. The molecule has 29 heavy (non-hydrogen) atoms. The topological polar surface area (TPSA) is 109 Å². The van der Waals surface area contributed by atoms with E-state index in [9.17, 15) is 8.42 Å². The van der Waals surface area contributed by atoms with Crippen molar-refractivity contribution in [3.05, 3.63) is 66.9 Å². The summed E-state index contributed by atoms with van der Waals surface area (Å²) in [6, 6.07) is 17.8. The quantitative estimate of drug-likeness (QED) is 0.470. The molecule has 10 heteroatoms. The first-order valence-electron chi connectivity index (χ1n) is 8.41. The second-order valence-corrected chi connectivity index (χ2v) is 8.32. The van der Waals surface area contributed by atoms with Crippen molar-refractivity contribution in [2.75, 3.05) is 7.11 Å². The van der Waals surface area contributed by atoms with Crippen LogP contribution in [0.1, 0.15) is 0 Å². The Kier molecular flexibility index (Phi) is 5.60. The molecule has 0 aliphatic rings. The van der Waals surface area contributed by atoms with Gasteiger partial charge in [0.25, 0.3) is 0 Å². The summed E-state index contributed by atoms with van der Waals surface area (Å²) < 4.78 is 34.5. The highest BCUT2D eigenvalue weighted by atomic mass is 32.2. The maximum absolute atomic E-state index is 11.8. The molecule has 4 rings (SSSR count). The number of nitrogens with two attached hydrogens (primary N) is 1. The zero-order valence-corrected chi connectivity index (χ0v) is 16.9. The highest BCUT2D eigenvalue weighted by Crippen LogP contribution is 2.25. The molecule has 2 atom stereocenters. The van der Waals surface area contributed by atoms with E-state index in [2.05, 4.69) is 14.4 Å². The lowest BCUT2D eigenvalue weighted by molar-refractivity contribution is 0.367. The molecule has 0 saturated heterocycles. The van der Waals surface area contributed by atoms with E-state index in [1.54, 1.807) is 41.0 Å². The van der Waals surface area contributed by atoms with Gasteiger partial charge in [-0.3, -0.25) is 4.18 Å². The highest BCUT2D eigenvalue weighted by molar-refractivity contribution is 7.80. The first-order chi connectivity index (χ1) is 14.1. The Morgan fingerprint density at radius 3 is 2.45 bits per heavy atom. The van der Waals surface area contributed by atoms with Crippen molar-refractivity contribution in [2.24, 2.45) is 5.90 Å². The van der Waals surface area contributed by atoms with Crippen LogP contribution in [-0.4, -0.2) is 30.1 Å². The summed E-state index contributed by atoms with van der Waals surface area (Å²) in [5.41, 5.74) is 3.76. The zero-order chi connectivity index (χ0) is 20.4. The van der Waals surface area contributed by atoms with Crippen LogP contribution in [0.15, 0.2) is 76.7 Å². The minimum Gasteiger partial charge on any atom is -0.290 e. The Bertz CT molecular complexity index is 1220. The fourth-order valence-electron chi connectivity index (χ4n) is 2.87. The van der Waals surface area contributed by atoms with E-state index in [4.69, 9.17) is 10.1 Å². The Hall–Kier alpha value is -2.76. The first-order valence-corrected chi connectivity index (χ1v) is 10.6. The van der Waals surface area contributed by atoms with Crippen LogP contribution in [0, 0.1) is 0 Å². The van der Waals surface area contributed by atoms with Crippen molar-refractivity contribution in [1.82, 2.24) is 14.6 Å². The van der Waals surface area contributed by atoms with Crippen molar-refractivity contribution < 1.29 is 16.9 Å². The molecule has 0 saturated carbocycles. The van der Waals surface area contributed by atoms with Crippen molar-refractivity contribution in [1.29, 1.82) is 0 Å². The van der Waals surface area contributed by atoms with Gasteiger partial charge in [-0.15, -0.1) is 0 Å². The molecule has 2 aromatic heterocycles. The third kappa shape index (κ3) is 3.88. The molecular weight excluding hydrogens is 412 g/mol. The van der Waals surface area contributed by atoms with E-state index in [0.717, 1.165) is 16.8 Å². The number of fused-ring (bicyclic) bond motifs is 1. The summed E-state index contributed by atoms with van der Waals surface area (Å²) in [7, 11) is 1.39. The molecule has 8 nitrogen and oxygen atoms in total. The van der Waals surface area contributed by atoms with Gasteiger partial charge in [-0.2, -0.15) is 15.3 Å². The Morgan fingerprint density at radius 1 is 0.931 bits per heavy atom. The average Bonchev–Trinajstić information content (AvgIpc) is 3.21. The van der Waals surface area contributed by atoms with Gasteiger partial charge < -0.3 is 0 Å². The number of nitrogens with zero attached hydrogens (tertiary/aromatic N) is 3. The van der Waals surface area contributed by atoms with Gasteiger partial charge in [-0.25, -0.2) is 17.9 Å². The summed E-state index contributed by atoms with van der Waals surface area (Å²) in [5, 5.41) is 4.68. The van der Waals surface area contributed by atoms with Crippen LogP contribution in [0.2, 0.25) is 0 Å². The fraction of sp³-hybridized carbons (Fsp3) is 0.0526. The molecule has 2 unspecified atom stereocenters. The monoisotopic (exact) mass is 428 g/mol. The molecule has 0 spiro atoms. The highest BCUT2D eigenvalue weighted by Gasteiger charge is 2.12. The predicted molar refractivity (Wildman–Crippen MR) is 109 cm³/mol. The van der Waals surface area contributed by atoms with Crippen LogP contribution in [0.4, 0.5) is 0 Å². The minimum absolute atomic E-state index is 0.444. The Balaban J connectivity index is 1.75. The summed E-state index contributed by atoms with van der Waals surface area (Å²) >= 11 is -3.23. The molecule has 4 aromatic rings. The number of benzene rings is 2. The van der Waals surface area contributed by atoms with Gasteiger partial charge in [0.2, 0.25) is 11.1 Å². The molecule has 0 amide bonds. The van der Waals surface area contributed by atoms with Crippen LogP contribution in [0.3, 0.4) is 0 Å². The molecule has 148 valence electrons. The van der Waals surface area contributed by atoms with Crippen molar-refractivity contribution >= 4 is 27.8 Å². The third-order valence-corrected chi connectivity index (χ3v) is 6.04. The van der Waals surface area contributed by atoms with Crippen molar-refractivity contribution in [2.45, 2.75) is 9.79 Å². The second-order valence-electron chi connectivity index (χ2n) is 5.92. The van der Waals surface area contributed by atoms with E-state index in [0.29, 0.717) is 21.1 Å². The maximum atomic E-state index is 11.8. The maximum Gasteiger partial charge on any atom is 0.206 e. The molecule has 2 aromatic carbocycles. The van der Waals surface area contributed by atoms with E-state index >= 15 is 0 Å². The largest absolute Gasteiger partial charge is 0.290 e. The van der Waals surface area contributed by atoms with Crippen LogP contribution in [0.5, 0.6) is 0 Å². The number of aromatic nitrogens is 3. The van der Waals surface area contributed by atoms with Crippen LogP contribution in [0.25, 0.3) is 28.2 Å². The van der Waals surface area contributed by atoms with E-state index < -0.39 is 22.2 Å². The Morgan fingerprint density at radius 2 is 1.72 bits per heavy atom. The van der Waals surface area contributed by atoms with E-state index in [1.807, 2.05) is 30.3 Å².